The fraction of sp³-hybridized carbons (Fsp3) is 0.488. The van der Waals surface area contributed by atoms with Gasteiger partial charge in [0.1, 0.15) is 17.0 Å². The third-order valence-electron chi connectivity index (χ3n) is 11.3. The lowest BCUT2D eigenvalue weighted by Crippen LogP contribution is -2.59. The summed E-state index contributed by atoms with van der Waals surface area (Å²) in [6.45, 7) is 9.56. The molecule has 5 amide bonds. The molecular weight excluding hydrogens is 783 g/mol. The molecule has 1 aliphatic heterocycles. The Morgan fingerprint density at radius 2 is 1.63 bits per heavy atom. The number of benzene rings is 2. The Kier molecular flexibility index (Phi) is 14.1. The molecule has 17 heteroatoms. The molecule has 4 aromatic rings. The van der Waals surface area contributed by atoms with Crippen molar-refractivity contribution in [2.75, 3.05) is 32.5 Å². The molecule has 6 rings (SSSR count). The molecule has 1 saturated heterocycles. The largest absolute Gasteiger partial charge is 0.351 e. The summed E-state index contributed by atoms with van der Waals surface area (Å²) in [5.74, 6) is -1.52. The monoisotopic (exact) mass is 839 g/mol. The first kappa shape index (κ1) is 44.0. The summed E-state index contributed by atoms with van der Waals surface area (Å²) < 4.78 is 1.69. The number of rotatable bonds is 15. The predicted octanol–water partition coefficient (Wildman–Crippen LogP) is 3.40. The molecule has 2 aromatic carbocycles. The zero-order valence-corrected chi connectivity index (χ0v) is 36.2. The number of aryl methyl sites for hydroxylation is 1. The molecule has 1 fully saturated rings. The molecule has 16 nitrogen and oxygen atoms in total. The van der Waals surface area contributed by atoms with E-state index in [1.165, 1.54) is 5.56 Å². The number of nitrogens with zero attached hydrogens (tertiary/aromatic N) is 5. The van der Waals surface area contributed by atoms with Crippen molar-refractivity contribution in [2.24, 2.45) is 5.41 Å². The average molecular weight is 840 g/mol. The minimum atomic E-state index is -0.898. The molecule has 6 atom stereocenters. The molecule has 0 bridgehead atoms. The van der Waals surface area contributed by atoms with E-state index in [0.717, 1.165) is 41.7 Å². The van der Waals surface area contributed by atoms with Crippen LogP contribution in [0, 0.1) is 5.41 Å². The Labute approximate surface area is 355 Å². The predicted molar refractivity (Wildman–Crippen MR) is 230 cm³/mol. The second-order valence-electron chi connectivity index (χ2n) is 16.6. The van der Waals surface area contributed by atoms with E-state index in [-0.39, 0.29) is 54.7 Å². The highest BCUT2D eigenvalue weighted by Gasteiger charge is 2.46. The van der Waals surface area contributed by atoms with Gasteiger partial charge in [0.05, 0.1) is 35.6 Å². The molecule has 2 aromatic heterocycles. The van der Waals surface area contributed by atoms with E-state index in [1.807, 2.05) is 63.2 Å². The molecule has 6 N–H and O–H groups in total. The van der Waals surface area contributed by atoms with Crippen LogP contribution in [0.5, 0.6) is 0 Å². The van der Waals surface area contributed by atoms with Crippen molar-refractivity contribution in [3.63, 3.8) is 0 Å². The fourth-order valence-corrected chi connectivity index (χ4v) is 8.44. The quantitative estimate of drug-likeness (QED) is 0.103. The Hall–Kier alpha value is -5.52. The third kappa shape index (κ3) is 10.3. The van der Waals surface area contributed by atoms with Gasteiger partial charge >= 0.3 is 0 Å². The number of hydrogen-bond acceptors (Lipinski definition) is 11. The van der Waals surface area contributed by atoms with Gasteiger partial charge in [-0.05, 0) is 63.7 Å². The average Bonchev–Trinajstić information content (AvgIpc) is 4.01. The standard InChI is InChI=1S/C43H57N11O5S/c1-25(44-6)37(55)49-36(43(3,4)5)41(59)53-24-30(22-33(53)39(57)47-32-19-13-17-27-14-11-12-18-31(27)32)54-23-29(51-52-54)20-21-46-40(58)35-34(28-15-9-8-10-16-28)48-42(60-35)50-38(56)26(2)45-7/h8-12,14-16,18,23,25-26,30,32-33,36,44-45H,13,17,19-22,24H2,1-7H3,(H,46,58)(H,47,57)(H,49,55)(H,48,50,56)/t25-,26-,30-,32+,33-,36+/m0/s1. The minimum absolute atomic E-state index is 0.178. The first-order valence-corrected chi connectivity index (χ1v) is 21.4. The number of thiazole rings is 1. The van der Waals surface area contributed by atoms with Gasteiger partial charge < -0.3 is 36.8 Å². The fourth-order valence-electron chi connectivity index (χ4n) is 7.54. The van der Waals surface area contributed by atoms with Crippen molar-refractivity contribution in [3.05, 3.63) is 82.5 Å². The van der Waals surface area contributed by atoms with Crippen LogP contribution in [0.25, 0.3) is 11.3 Å². The molecule has 2 aliphatic rings. The molecule has 0 saturated carbocycles. The summed E-state index contributed by atoms with van der Waals surface area (Å²) in [5.41, 5.74) is 3.47. The number of carbonyl (C=O) groups excluding carboxylic acids is 5. The van der Waals surface area contributed by atoms with Crippen molar-refractivity contribution in [3.8, 4) is 11.3 Å². The maximum Gasteiger partial charge on any atom is 0.263 e. The van der Waals surface area contributed by atoms with Gasteiger partial charge in [0, 0.05) is 37.7 Å². The normalized spacial score (nSPS) is 19.1. The summed E-state index contributed by atoms with van der Waals surface area (Å²) in [7, 11) is 3.37. The Morgan fingerprint density at radius 3 is 2.35 bits per heavy atom. The highest BCUT2D eigenvalue weighted by atomic mass is 32.1. The van der Waals surface area contributed by atoms with Crippen LogP contribution in [0.1, 0.15) is 92.5 Å². The Bertz CT molecular complexity index is 2170. The van der Waals surface area contributed by atoms with E-state index in [9.17, 15) is 24.0 Å². The van der Waals surface area contributed by atoms with Gasteiger partial charge in [-0.3, -0.25) is 24.0 Å². The molecule has 320 valence electrons. The third-order valence-corrected chi connectivity index (χ3v) is 12.3. The summed E-state index contributed by atoms with van der Waals surface area (Å²) >= 11 is 1.10. The van der Waals surface area contributed by atoms with Crippen LogP contribution in [-0.2, 0) is 32.0 Å². The molecule has 3 heterocycles. The van der Waals surface area contributed by atoms with Crippen LogP contribution in [0.15, 0.2) is 60.8 Å². The maximum atomic E-state index is 14.6. The number of fused-ring (bicyclic) bond motifs is 1. The number of likely N-dealkylation sites (tertiary alicyclic amines) is 1. The molecular formula is C43H57N11O5S. The van der Waals surface area contributed by atoms with Crippen LogP contribution in [0.4, 0.5) is 5.13 Å². The van der Waals surface area contributed by atoms with Crippen LogP contribution in [0.3, 0.4) is 0 Å². The molecule has 0 spiro atoms. The van der Waals surface area contributed by atoms with E-state index in [0.29, 0.717) is 34.2 Å². The number of amides is 5. The van der Waals surface area contributed by atoms with Gasteiger partial charge in [-0.15, -0.1) is 5.10 Å². The number of aromatic nitrogens is 4. The topological polar surface area (TPSA) is 204 Å². The first-order chi connectivity index (χ1) is 28.7. The Morgan fingerprint density at radius 1 is 0.933 bits per heavy atom. The van der Waals surface area contributed by atoms with Crippen molar-refractivity contribution in [2.45, 2.75) is 103 Å². The second-order valence-corrected chi connectivity index (χ2v) is 17.6. The van der Waals surface area contributed by atoms with Crippen LogP contribution >= 0.6 is 11.3 Å². The highest BCUT2D eigenvalue weighted by molar-refractivity contribution is 7.18. The smallest absolute Gasteiger partial charge is 0.263 e. The van der Waals surface area contributed by atoms with Gasteiger partial charge in [-0.2, -0.15) is 0 Å². The van der Waals surface area contributed by atoms with Crippen LogP contribution < -0.4 is 31.9 Å². The zero-order valence-electron chi connectivity index (χ0n) is 35.4. The van der Waals surface area contributed by atoms with Crippen molar-refractivity contribution in [1.29, 1.82) is 0 Å². The van der Waals surface area contributed by atoms with E-state index in [1.54, 1.807) is 43.7 Å². The van der Waals surface area contributed by atoms with E-state index >= 15 is 0 Å². The van der Waals surface area contributed by atoms with E-state index in [2.05, 4.69) is 59.3 Å². The molecule has 0 radical (unpaired) electrons. The molecule has 1 aliphatic carbocycles. The summed E-state index contributed by atoms with van der Waals surface area (Å²) in [6, 6.07) is 14.2. The second kappa shape index (κ2) is 19.2. The van der Waals surface area contributed by atoms with E-state index in [4.69, 9.17) is 0 Å². The number of anilines is 1. The molecule has 60 heavy (non-hydrogen) atoms. The Balaban J connectivity index is 1.17. The van der Waals surface area contributed by atoms with Gasteiger partial charge in [-0.25, -0.2) is 9.67 Å². The van der Waals surface area contributed by atoms with Gasteiger partial charge in [0.2, 0.25) is 23.6 Å². The number of likely N-dealkylation sites (N-methyl/N-ethyl adjacent to an activating group) is 2. The minimum Gasteiger partial charge on any atom is -0.351 e. The van der Waals surface area contributed by atoms with Gasteiger partial charge in [-0.1, -0.05) is 91.9 Å². The molecule has 0 unspecified atom stereocenters. The van der Waals surface area contributed by atoms with Crippen molar-refractivity contribution >= 4 is 46.0 Å². The summed E-state index contributed by atoms with van der Waals surface area (Å²) in [6.07, 6.45) is 5.12. The lowest BCUT2D eigenvalue weighted by molar-refractivity contribution is -0.144. The van der Waals surface area contributed by atoms with Crippen LogP contribution in [0.2, 0.25) is 0 Å². The maximum absolute atomic E-state index is 14.6. The number of hydrogen-bond donors (Lipinski definition) is 6. The number of carbonyl (C=O) groups is 5. The van der Waals surface area contributed by atoms with E-state index < -0.39 is 29.6 Å². The summed E-state index contributed by atoms with van der Waals surface area (Å²) in [4.78, 5) is 74.7. The van der Waals surface area contributed by atoms with Crippen LogP contribution in [-0.4, -0.2) is 106 Å². The summed E-state index contributed by atoms with van der Waals surface area (Å²) in [5, 5.41) is 26.9. The lowest BCUT2D eigenvalue weighted by Gasteiger charge is -2.36. The zero-order chi connectivity index (χ0) is 43.1. The first-order valence-electron chi connectivity index (χ1n) is 20.6. The van der Waals surface area contributed by atoms with Crippen molar-refractivity contribution < 1.29 is 24.0 Å². The van der Waals surface area contributed by atoms with Gasteiger partial charge in [0.25, 0.3) is 5.91 Å². The van der Waals surface area contributed by atoms with Gasteiger partial charge in [0.15, 0.2) is 5.13 Å². The highest BCUT2D eigenvalue weighted by Crippen LogP contribution is 2.34. The lowest BCUT2D eigenvalue weighted by atomic mass is 9.85. The number of nitrogens with one attached hydrogen (secondary N) is 6. The SMILES string of the molecule is CN[C@@H](C)C(=O)Nc1nc(-c2ccccc2)c(C(=O)NCCc2cn([C@H]3C[C@@H](C(=O)N[C@@H]4CCCc5ccccc54)N(C(=O)[C@@H](NC(=O)[C@H](C)NC)C(C)(C)C)C3)nn2)s1. The van der Waals surface area contributed by atoms with Crippen molar-refractivity contribution in [1.82, 2.24) is 51.5 Å².